The minimum atomic E-state index is 0.331. The van der Waals surface area contributed by atoms with E-state index >= 15 is 0 Å². The maximum absolute atomic E-state index is 5.86. The zero-order valence-electron chi connectivity index (χ0n) is 12.6. The summed E-state index contributed by atoms with van der Waals surface area (Å²) in [6.07, 6.45) is 4.27. The third-order valence-electron chi connectivity index (χ3n) is 3.40. The van der Waals surface area contributed by atoms with E-state index in [1.54, 1.807) is 0 Å². The molecule has 1 fully saturated rings. The Morgan fingerprint density at radius 3 is 2.80 bits per heavy atom. The van der Waals surface area contributed by atoms with Crippen LogP contribution in [0.3, 0.4) is 0 Å². The van der Waals surface area contributed by atoms with Crippen molar-refractivity contribution < 1.29 is 9.47 Å². The zero-order chi connectivity index (χ0) is 14.2. The van der Waals surface area contributed by atoms with Crippen molar-refractivity contribution in [2.75, 3.05) is 19.8 Å². The van der Waals surface area contributed by atoms with Gasteiger partial charge in [0.05, 0.1) is 18.4 Å². The van der Waals surface area contributed by atoms with Crippen molar-refractivity contribution in [1.29, 1.82) is 0 Å². The number of ether oxygens (including phenoxy) is 2. The van der Waals surface area contributed by atoms with E-state index in [4.69, 9.17) is 9.47 Å². The Hall–Kier alpha value is -0.970. The average Bonchev–Trinajstić information content (AvgIpc) is 2.47. The van der Waals surface area contributed by atoms with Gasteiger partial charge in [-0.25, -0.2) is 0 Å². The van der Waals surface area contributed by atoms with Crippen LogP contribution in [0.4, 0.5) is 0 Å². The normalized spacial score (nSPS) is 16.8. The molecule has 0 radical (unpaired) electrons. The monoisotopic (exact) mass is 278 g/mol. The van der Waals surface area contributed by atoms with Crippen molar-refractivity contribution in [3.05, 3.63) is 29.6 Å². The van der Waals surface area contributed by atoms with E-state index in [-0.39, 0.29) is 0 Å². The van der Waals surface area contributed by atoms with Crippen LogP contribution in [0.25, 0.3) is 0 Å². The number of nitrogens with zero attached hydrogens (tertiary/aromatic N) is 1. The predicted octanol–water partition coefficient (Wildman–Crippen LogP) is 2.52. The molecular formula is C16H26N2O2. The molecule has 0 aliphatic carbocycles. The fraction of sp³-hybridized carbons (Fsp3) is 0.688. The summed E-state index contributed by atoms with van der Waals surface area (Å²) in [7, 11) is 0. The molecule has 1 aliphatic rings. The first-order valence-electron chi connectivity index (χ1n) is 7.58. The molecule has 112 valence electrons. The molecule has 4 nitrogen and oxygen atoms in total. The Balaban J connectivity index is 1.70. The lowest BCUT2D eigenvalue weighted by Gasteiger charge is -2.22. The Bertz CT molecular complexity index is 373. The Labute approximate surface area is 121 Å². The van der Waals surface area contributed by atoms with E-state index in [9.17, 15) is 0 Å². The van der Waals surface area contributed by atoms with Gasteiger partial charge in [-0.3, -0.25) is 4.98 Å². The number of rotatable bonds is 7. The van der Waals surface area contributed by atoms with Gasteiger partial charge in [0.2, 0.25) is 0 Å². The Kier molecular flexibility index (Phi) is 6.43. The van der Waals surface area contributed by atoms with Crippen LogP contribution >= 0.6 is 0 Å². The second-order valence-electron chi connectivity index (χ2n) is 5.81. The predicted molar refractivity (Wildman–Crippen MR) is 79.4 cm³/mol. The van der Waals surface area contributed by atoms with Crippen molar-refractivity contribution >= 4 is 0 Å². The van der Waals surface area contributed by atoms with Crippen molar-refractivity contribution in [2.24, 2.45) is 5.92 Å². The summed E-state index contributed by atoms with van der Waals surface area (Å²) >= 11 is 0. The van der Waals surface area contributed by atoms with Gasteiger partial charge in [-0.05, 0) is 36.9 Å². The molecule has 0 saturated carbocycles. The molecular weight excluding hydrogens is 252 g/mol. The van der Waals surface area contributed by atoms with Gasteiger partial charge in [0.15, 0.2) is 0 Å². The smallest absolute Gasteiger partial charge is 0.0891 e. The third-order valence-corrected chi connectivity index (χ3v) is 3.40. The third kappa shape index (κ3) is 5.57. The SMILES string of the molecule is CC(C)CNCc1ccc(COC2CCOCC2)nc1. The average molecular weight is 278 g/mol. The Morgan fingerprint density at radius 2 is 2.15 bits per heavy atom. The highest BCUT2D eigenvalue weighted by atomic mass is 16.5. The van der Waals surface area contributed by atoms with E-state index in [2.05, 4.69) is 36.3 Å². The summed E-state index contributed by atoms with van der Waals surface area (Å²) in [5.74, 6) is 0.676. The van der Waals surface area contributed by atoms with Crippen LogP contribution in [-0.4, -0.2) is 30.8 Å². The van der Waals surface area contributed by atoms with Gasteiger partial charge in [0, 0.05) is 26.0 Å². The highest BCUT2D eigenvalue weighted by Crippen LogP contribution is 2.12. The fourth-order valence-corrected chi connectivity index (χ4v) is 2.20. The van der Waals surface area contributed by atoms with Gasteiger partial charge in [0.1, 0.15) is 0 Å². The minimum Gasteiger partial charge on any atom is -0.381 e. The molecule has 1 N–H and O–H groups in total. The van der Waals surface area contributed by atoms with Crippen LogP contribution < -0.4 is 5.32 Å². The molecule has 0 bridgehead atoms. The molecule has 0 spiro atoms. The molecule has 1 aromatic heterocycles. The number of nitrogens with one attached hydrogen (secondary N) is 1. The van der Waals surface area contributed by atoms with Gasteiger partial charge < -0.3 is 14.8 Å². The zero-order valence-corrected chi connectivity index (χ0v) is 12.6. The van der Waals surface area contributed by atoms with Gasteiger partial charge in [-0.1, -0.05) is 19.9 Å². The summed E-state index contributed by atoms with van der Waals surface area (Å²) in [6, 6.07) is 4.19. The van der Waals surface area contributed by atoms with Crippen molar-refractivity contribution in [3.8, 4) is 0 Å². The van der Waals surface area contributed by atoms with E-state index < -0.39 is 0 Å². The summed E-state index contributed by atoms with van der Waals surface area (Å²) in [5, 5.41) is 3.42. The largest absolute Gasteiger partial charge is 0.381 e. The minimum absolute atomic E-state index is 0.331. The van der Waals surface area contributed by atoms with Crippen LogP contribution in [0.2, 0.25) is 0 Å². The molecule has 0 aromatic carbocycles. The molecule has 0 amide bonds. The molecule has 1 saturated heterocycles. The van der Waals surface area contributed by atoms with Gasteiger partial charge in [0.25, 0.3) is 0 Å². The first-order chi connectivity index (χ1) is 9.74. The lowest BCUT2D eigenvalue weighted by molar-refractivity contribution is -0.0399. The highest BCUT2D eigenvalue weighted by Gasteiger charge is 2.14. The maximum atomic E-state index is 5.86. The number of aromatic nitrogens is 1. The molecule has 0 unspecified atom stereocenters. The summed E-state index contributed by atoms with van der Waals surface area (Å²) < 4.78 is 11.2. The molecule has 0 atom stereocenters. The summed E-state index contributed by atoms with van der Waals surface area (Å²) in [5.41, 5.74) is 2.23. The second-order valence-corrected chi connectivity index (χ2v) is 5.81. The Morgan fingerprint density at radius 1 is 1.35 bits per heavy atom. The standard InChI is InChI=1S/C16H26N2O2/c1-13(2)9-17-10-14-3-4-15(18-11-14)12-20-16-5-7-19-8-6-16/h3-4,11,13,16-17H,5-10,12H2,1-2H3. The lowest BCUT2D eigenvalue weighted by Crippen LogP contribution is -2.23. The quantitative estimate of drug-likeness (QED) is 0.832. The molecule has 2 heterocycles. The van der Waals surface area contributed by atoms with Crippen molar-refractivity contribution in [1.82, 2.24) is 10.3 Å². The number of hydrogen-bond acceptors (Lipinski definition) is 4. The van der Waals surface area contributed by atoms with Gasteiger partial charge >= 0.3 is 0 Å². The van der Waals surface area contributed by atoms with E-state index in [0.29, 0.717) is 18.6 Å². The number of hydrogen-bond donors (Lipinski definition) is 1. The van der Waals surface area contributed by atoms with Crippen LogP contribution in [0, 0.1) is 5.92 Å². The van der Waals surface area contributed by atoms with Crippen LogP contribution in [0.5, 0.6) is 0 Å². The first kappa shape index (κ1) is 15.4. The molecule has 1 aromatic rings. The van der Waals surface area contributed by atoms with E-state index in [1.165, 1.54) is 5.56 Å². The second kappa shape index (κ2) is 8.35. The van der Waals surface area contributed by atoms with E-state index in [1.807, 2.05) is 6.20 Å². The fourth-order valence-electron chi connectivity index (χ4n) is 2.20. The highest BCUT2D eigenvalue weighted by molar-refractivity contribution is 5.13. The van der Waals surface area contributed by atoms with Crippen molar-refractivity contribution in [3.63, 3.8) is 0 Å². The lowest BCUT2D eigenvalue weighted by atomic mass is 10.1. The van der Waals surface area contributed by atoms with Gasteiger partial charge in [-0.2, -0.15) is 0 Å². The summed E-state index contributed by atoms with van der Waals surface area (Å²) in [4.78, 5) is 4.46. The van der Waals surface area contributed by atoms with Crippen LogP contribution in [0.1, 0.15) is 37.9 Å². The molecule has 1 aliphatic heterocycles. The van der Waals surface area contributed by atoms with Crippen LogP contribution in [-0.2, 0) is 22.6 Å². The van der Waals surface area contributed by atoms with Crippen LogP contribution in [0.15, 0.2) is 18.3 Å². The molecule has 4 heteroatoms. The van der Waals surface area contributed by atoms with E-state index in [0.717, 1.165) is 44.8 Å². The first-order valence-corrected chi connectivity index (χ1v) is 7.58. The van der Waals surface area contributed by atoms with Gasteiger partial charge in [-0.15, -0.1) is 0 Å². The molecule has 2 rings (SSSR count). The molecule has 20 heavy (non-hydrogen) atoms. The summed E-state index contributed by atoms with van der Waals surface area (Å²) in [6.45, 7) is 8.58. The topological polar surface area (TPSA) is 43.4 Å². The maximum Gasteiger partial charge on any atom is 0.0891 e. The number of pyridine rings is 1. The van der Waals surface area contributed by atoms with Crippen molar-refractivity contribution in [2.45, 2.75) is 45.9 Å².